The number of hydrogen-bond acceptors (Lipinski definition) is 3. The van der Waals surface area contributed by atoms with Gasteiger partial charge in [-0.2, -0.15) is 0 Å². The summed E-state index contributed by atoms with van der Waals surface area (Å²) >= 11 is 3.41. The van der Waals surface area contributed by atoms with Gasteiger partial charge in [-0.25, -0.2) is 0 Å². The minimum absolute atomic E-state index is 0.0127. The molecule has 1 fully saturated rings. The minimum Gasteiger partial charge on any atom is -0.495 e. The molecule has 1 amide bonds. The largest absolute Gasteiger partial charge is 0.495 e. The molecule has 1 aliphatic rings. The Kier molecular flexibility index (Phi) is 5.65. The third kappa shape index (κ3) is 4.20. The summed E-state index contributed by atoms with van der Waals surface area (Å²) in [5, 5.41) is 2.96. The molecule has 1 aromatic rings. The van der Waals surface area contributed by atoms with Gasteiger partial charge >= 0.3 is 0 Å². The number of amides is 1. The molecule has 116 valence electrons. The Labute approximate surface area is 134 Å². The smallest absolute Gasteiger partial charge is 0.225 e. The van der Waals surface area contributed by atoms with Crippen LogP contribution in [0.25, 0.3) is 0 Å². The molecule has 3 N–H and O–H groups in total. The number of anilines is 1. The van der Waals surface area contributed by atoms with Crippen molar-refractivity contribution < 1.29 is 9.53 Å². The van der Waals surface area contributed by atoms with Gasteiger partial charge in [0.15, 0.2) is 0 Å². The normalized spacial score (nSPS) is 17.3. The lowest BCUT2D eigenvalue weighted by Crippen LogP contribution is -2.36. The molecule has 0 unspecified atom stereocenters. The first-order valence-electron chi connectivity index (χ1n) is 7.42. The third-order valence-corrected chi connectivity index (χ3v) is 4.81. The van der Waals surface area contributed by atoms with Crippen molar-refractivity contribution in [1.29, 1.82) is 0 Å². The monoisotopic (exact) mass is 354 g/mol. The highest BCUT2D eigenvalue weighted by Crippen LogP contribution is 2.39. The van der Waals surface area contributed by atoms with Gasteiger partial charge in [0.1, 0.15) is 5.75 Å². The van der Waals surface area contributed by atoms with Crippen LogP contribution >= 0.6 is 15.9 Å². The first kappa shape index (κ1) is 16.3. The van der Waals surface area contributed by atoms with E-state index in [1.807, 2.05) is 18.2 Å². The Balaban J connectivity index is 2.05. The van der Waals surface area contributed by atoms with Gasteiger partial charge in [0, 0.05) is 10.9 Å². The van der Waals surface area contributed by atoms with Gasteiger partial charge in [0.2, 0.25) is 5.91 Å². The van der Waals surface area contributed by atoms with E-state index in [2.05, 4.69) is 21.2 Å². The van der Waals surface area contributed by atoms with Crippen LogP contribution in [0.15, 0.2) is 22.7 Å². The van der Waals surface area contributed by atoms with E-state index in [9.17, 15) is 4.79 Å². The van der Waals surface area contributed by atoms with Crippen LogP contribution in [0.4, 0.5) is 5.69 Å². The molecule has 0 spiro atoms. The second-order valence-corrected chi connectivity index (χ2v) is 6.75. The number of nitrogens with two attached hydrogens (primary N) is 1. The Hall–Kier alpha value is -1.07. The zero-order valence-electron chi connectivity index (χ0n) is 12.5. The molecule has 0 bridgehead atoms. The Morgan fingerprint density at radius 3 is 2.71 bits per heavy atom. The third-order valence-electron chi connectivity index (χ3n) is 4.32. The summed E-state index contributed by atoms with van der Waals surface area (Å²) in [4.78, 5) is 12.4. The van der Waals surface area contributed by atoms with Crippen LogP contribution in [-0.2, 0) is 4.79 Å². The lowest BCUT2D eigenvalue weighted by Gasteiger charge is -2.35. The summed E-state index contributed by atoms with van der Waals surface area (Å²) < 4.78 is 6.19. The Morgan fingerprint density at radius 2 is 2.10 bits per heavy atom. The zero-order valence-corrected chi connectivity index (χ0v) is 14.0. The van der Waals surface area contributed by atoms with E-state index in [1.165, 1.54) is 19.3 Å². The number of hydrogen-bond donors (Lipinski definition) is 2. The van der Waals surface area contributed by atoms with Crippen LogP contribution in [-0.4, -0.2) is 19.6 Å². The first-order valence-corrected chi connectivity index (χ1v) is 8.21. The van der Waals surface area contributed by atoms with Crippen LogP contribution in [0.2, 0.25) is 0 Å². The lowest BCUT2D eigenvalue weighted by molar-refractivity contribution is -0.118. The molecule has 1 aliphatic carbocycles. The van der Waals surface area contributed by atoms with Crippen molar-refractivity contribution in [2.75, 3.05) is 19.0 Å². The highest BCUT2D eigenvalue weighted by atomic mass is 79.9. The van der Waals surface area contributed by atoms with Crippen molar-refractivity contribution in [2.45, 2.75) is 38.5 Å². The number of carbonyl (C=O) groups is 1. The summed E-state index contributed by atoms with van der Waals surface area (Å²) in [5.74, 6) is 0.677. The van der Waals surface area contributed by atoms with Crippen molar-refractivity contribution >= 4 is 27.5 Å². The Bertz CT molecular complexity index is 499. The number of rotatable bonds is 5. The maximum absolute atomic E-state index is 12.4. The predicted octanol–water partition coefficient (Wildman–Crippen LogP) is 3.70. The van der Waals surface area contributed by atoms with Crippen LogP contribution in [0.5, 0.6) is 5.75 Å². The molecule has 21 heavy (non-hydrogen) atoms. The molecule has 1 saturated carbocycles. The predicted molar refractivity (Wildman–Crippen MR) is 88.5 cm³/mol. The number of ether oxygens (including phenoxy) is 1. The van der Waals surface area contributed by atoms with Crippen LogP contribution in [0.3, 0.4) is 0 Å². The maximum Gasteiger partial charge on any atom is 0.225 e. The van der Waals surface area contributed by atoms with E-state index >= 15 is 0 Å². The summed E-state index contributed by atoms with van der Waals surface area (Å²) in [5.41, 5.74) is 6.62. The Morgan fingerprint density at radius 1 is 1.38 bits per heavy atom. The second kappa shape index (κ2) is 7.27. The van der Waals surface area contributed by atoms with Gasteiger partial charge < -0.3 is 15.8 Å². The van der Waals surface area contributed by atoms with E-state index in [4.69, 9.17) is 10.5 Å². The van der Waals surface area contributed by atoms with Crippen molar-refractivity contribution in [3.8, 4) is 5.75 Å². The fraction of sp³-hybridized carbons (Fsp3) is 0.562. The standard InChI is InChI=1S/C16H23BrN2O2/c1-21-14-6-5-12(17)9-13(14)19-15(20)10-16(11-18)7-3-2-4-8-16/h5-6,9H,2-4,7-8,10-11,18H2,1H3,(H,19,20). The van der Waals surface area contributed by atoms with Gasteiger partial charge in [0.05, 0.1) is 12.8 Å². The number of nitrogens with one attached hydrogen (secondary N) is 1. The topological polar surface area (TPSA) is 64.3 Å². The lowest BCUT2D eigenvalue weighted by atomic mass is 9.71. The first-order chi connectivity index (χ1) is 10.1. The number of benzene rings is 1. The molecule has 0 aromatic heterocycles. The fourth-order valence-electron chi connectivity index (χ4n) is 3.07. The van der Waals surface area contributed by atoms with Crippen molar-refractivity contribution in [3.63, 3.8) is 0 Å². The van der Waals surface area contributed by atoms with Crippen LogP contribution < -0.4 is 15.8 Å². The molecule has 2 rings (SSSR count). The fourth-order valence-corrected chi connectivity index (χ4v) is 3.43. The SMILES string of the molecule is COc1ccc(Br)cc1NC(=O)CC1(CN)CCCCC1. The quantitative estimate of drug-likeness (QED) is 0.847. The number of carbonyl (C=O) groups excluding carboxylic acids is 1. The summed E-state index contributed by atoms with van der Waals surface area (Å²) in [6, 6.07) is 5.57. The van der Waals surface area contributed by atoms with Gasteiger partial charge in [-0.3, -0.25) is 4.79 Å². The van der Waals surface area contributed by atoms with Gasteiger partial charge in [-0.05, 0) is 43.0 Å². The molecular formula is C16H23BrN2O2. The molecule has 0 saturated heterocycles. The summed E-state index contributed by atoms with van der Waals surface area (Å²) in [6.45, 7) is 0.579. The van der Waals surface area contributed by atoms with Crippen LogP contribution in [0.1, 0.15) is 38.5 Å². The number of methoxy groups -OCH3 is 1. The average molecular weight is 355 g/mol. The number of halogens is 1. The summed E-state index contributed by atoms with van der Waals surface area (Å²) in [6.07, 6.45) is 6.18. The second-order valence-electron chi connectivity index (χ2n) is 5.83. The molecule has 0 radical (unpaired) electrons. The average Bonchev–Trinajstić information content (AvgIpc) is 2.48. The highest BCUT2D eigenvalue weighted by Gasteiger charge is 2.33. The molecule has 0 aliphatic heterocycles. The molecule has 5 heteroatoms. The van der Waals surface area contributed by atoms with Crippen molar-refractivity contribution in [2.24, 2.45) is 11.1 Å². The van der Waals surface area contributed by atoms with E-state index in [1.54, 1.807) is 7.11 Å². The van der Waals surface area contributed by atoms with E-state index < -0.39 is 0 Å². The highest BCUT2D eigenvalue weighted by molar-refractivity contribution is 9.10. The van der Waals surface area contributed by atoms with Gasteiger partial charge in [-0.1, -0.05) is 35.2 Å². The maximum atomic E-state index is 12.4. The zero-order chi connectivity index (χ0) is 15.3. The van der Waals surface area contributed by atoms with Crippen molar-refractivity contribution in [3.05, 3.63) is 22.7 Å². The molecule has 0 heterocycles. The molecular weight excluding hydrogens is 332 g/mol. The molecule has 1 aromatic carbocycles. The van der Waals surface area contributed by atoms with E-state index in [0.29, 0.717) is 24.4 Å². The molecule has 0 atom stereocenters. The molecule has 4 nitrogen and oxygen atoms in total. The summed E-state index contributed by atoms with van der Waals surface area (Å²) in [7, 11) is 1.60. The van der Waals surface area contributed by atoms with E-state index in [-0.39, 0.29) is 11.3 Å². The van der Waals surface area contributed by atoms with Gasteiger partial charge in [-0.15, -0.1) is 0 Å². The van der Waals surface area contributed by atoms with E-state index in [0.717, 1.165) is 17.3 Å². The van der Waals surface area contributed by atoms with Crippen LogP contribution in [0, 0.1) is 5.41 Å². The minimum atomic E-state index is -0.0262. The van der Waals surface area contributed by atoms with Crippen molar-refractivity contribution in [1.82, 2.24) is 0 Å². The van der Waals surface area contributed by atoms with Gasteiger partial charge in [0.25, 0.3) is 0 Å².